The Balaban J connectivity index is 1.37. The molecule has 1 heterocycles. The normalized spacial score (nSPS) is 11.2. The molecule has 31 heavy (non-hydrogen) atoms. The second-order valence-electron chi connectivity index (χ2n) is 7.20. The lowest BCUT2D eigenvalue weighted by molar-refractivity contribution is 0.306. The Hall–Kier alpha value is -3.38. The summed E-state index contributed by atoms with van der Waals surface area (Å²) in [5.41, 5.74) is 4.62. The van der Waals surface area contributed by atoms with Crippen LogP contribution < -0.4 is 4.74 Å². The van der Waals surface area contributed by atoms with Crippen LogP contribution in [0.5, 0.6) is 5.75 Å². The van der Waals surface area contributed by atoms with Gasteiger partial charge in [0, 0.05) is 5.75 Å². The SMILES string of the molecule is Cc1ccc(COc2ccc(/C=N/n3c(C)nnc3SCc3ccccc3)cc2)cc1. The lowest BCUT2D eigenvalue weighted by atomic mass is 10.2. The summed E-state index contributed by atoms with van der Waals surface area (Å²) < 4.78 is 7.65. The Bertz CT molecular complexity index is 1140. The minimum Gasteiger partial charge on any atom is -0.489 e. The first kappa shape index (κ1) is 20.9. The van der Waals surface area contributed by atoms with Crippen molar-refractivity contribution in [1.82, 2.24) is 14.9 Å². The maximum atomic E-state index is 5.88. The lowest BCUT2D eigenvalue weighted by Crippen LogP contribution is -1.97. The second kappa shape index (κ2) is 10.1. The summed E-state index contributed by atoms with van der Waals surface area (Å²) >= 11 is 1.62. The fourth-order valence-electron chi connectivity index (χ4n) is 2.91. The smallest absolute Gasteiger partial charge is 0.212 e. The standard InChI is InChI=1S/C25H24N4OS/c1-19-8-10-22(11-9-19)17-30-24-14-12-21(13-15-24)16-26-29-20(2)27-28-25(29)31-18-23-6-4-3-5-7-23/h3-16H,17-18H2,1-2H3/b26-16+. The third kappa shape index (κ3) is 5.83. The predicted octanol–water partition coefficient (Wildman–Crippen LogP) is 5.65. The molecule has 1 aromatic heterocycles. The Morgan fingerprint density at radius 2 is 1.61 bits per heavy atom. The van der Waals surface area contributed by atoms with Gasteiger partial charge < -0.3 is 4.74 Å². The van der Waals surface area contributed by atoms with E-state index in [1.54, 1.807) is 16.4 Å². The summed E-state index contributed by atoms with van der Waals surface area (Å²) in [6.45, 7) is 4.53. The van der Waals surface area contributed by atoms with Crippen molar-refractivity contribution in [2.24, 2.45) is 5.10 Å². The number of benzene rings is 3. The highest BCUT2D eigenvalue weighted by Crippen LogP contribution is 2.22. The number of nitrogens with zero attached hydrogens (tertiary/aromatic N) is 4. The van der Waals surface area contributed by atoms with Crippen LogP contribution in [0.1, 0.15) is 28.1 Å². The lowest BCUT2D eigenvalue weighted by Gasteiger charge is -2.07. The molecule has 0 saturated heterocycles. The molecule has 0 unspecified atom stereocenters. The van der Waals surface area contributed by atoms with Gasteiger partial charge in [-0.25, -0.2) is 0 Å². The van der Waals surface area contributed by atoms with Crippen LogP contribution in [0.2, 0.25) is 0 Å². The van der Waals surface area contributed by atoms with E-state index < -0.39 is 0 Å². The molecule has 3 aromatic carbocycles. The summed E-state index contributed by atoms with van der Waals surface area (Å²) in [6.07, 6.45) is 1.81. The third-order valence-electron chi connectivity index (χ3n) is 4.71. The first-order valence-electron chi connectivity index (χ1n) is 10.1. The molecule has 156 valence electrons. The highest BCUT2D eigenvalue weighted by atomic mass is 32.2. The summed E-state index contributed by atoms with van der Waals surface area (Å²) in [7, 11) is 0. The number of thioether (sulfide) groups is 1. The van der Waals surface area contributed by atoms with Crippen molar-refractivity contribution in [3.8, 4) is 5.75 Å². The van der Waals surface area contributed by atoms with E-state index in [4.69, 9.17) is 4.74 Å². The van der Waals surface area contributed by atoms with E-state index in [2.05, 4.69) is 58.6 Å². The van der Waals surface area contributed by atoms with Crippen molar-refractivity contribution < 1.29 is 4.74 Å². The van der Waals surface area contributed by atoms with Crippen LogP contribution in [-0.4, -0.2) is 21.1 Å². The molecule has 0 fully saturated rings. The molecule has 0 saturated carbocycles. The first-order chi connectivity index (χ1) is 15.2. The molecule has 0 amide bonds. The molecular weight excluding hydrogens is 404 g/mol. The van der Waals surface area contributed by atoms with Gasteiger partial charge in [0.25, 0.3) is 0 Å². The first-order valence-corrected chi connectivity index (χ1v) is 11.1. The molecule has 5 nitrogen and oxygen atoms in total. The van der Waals surface area contributed by atoms with Gasteiger partial charge in [0.2, 0.25) is 5.16 Å². The number of aromatic nitrogens is 3. The second-order valence-corrected chi connectivity index (χ2v) is 8.15. The van der Waals surface area contributed by atoms with Crippen LogP contribution in [0.25, 0.3) is 0 Å². The molecule has 0 aliphatic heterocycles. The predicted molar refractivity (Wildman–Crippen MR) is 126 cm³/mol. The van der Waals surface area contributed by atoms with Crippen molar-refractivity contribution in [1.29, 1.82) is 0 Å². The van der Waals surface area contributed by atoms with E-state index in [0.29, 0.717) is 6.61 Å². The summed E-state index contributed by atoms with van der Waals surface area (Å²) in [6, 6.07) is 26.6. The van der Waals surface area contributed by atoms with Crippen molar-refractivity contribution in [3.05, 3.63) is 107 Å². The Labute approximate surface area is 186 Å². The number of rotatable bonds is 8. The van der Waals surface area contributed by atoms with Gasteiger partial charge in [0.1, 0.15) is 12.4 Å². The van der Waals surface area contributed by atoms with Gasteiger partial charge >= 0.3 is 0 Å². The highest BCUT2D eigenvalue weighted by molar-refractivity contribution is 7.98. The Morgan fingerprint density at radius 3 is 2.35 bits per heavy atom. The maximum absolute atomic E-state index is 5.88. The fourth-order valence-corrected chi connectivity index (χ4v) is 3.80. The summed E-state index contributed by atoms with van der Waals surface area (Å²) in [5.74, 6) is 2.41. The van der Waals surface area contributed by atoms with E-state index >= 15 is 0 Å². The molecule has 0 aliphatic rings. The van der Waals surface area contributed by atoms with Crippen LogP contribution in [0.4, 0.5) is 0 Å². The molecule has 0 atom stereocenters. The molecule has 0 aliphatic carbocycles. The quantitative estimate of drug-likeness (QED) is 0.269. The number of ether oxygens (including phenoxy) is 1. The zero-order valence-electron chi connectivity index (χ0n) is 17.6. The summed E-state index contributed by atoms with van der Waals surface area (Å²) in [5, 5.41) is 13.8. The van der Waals surface area contributed by atoms with Crippen LogP contribution in [-0.2, 0) is 12.4 Å². The number of aryl methyl sites for hydroxylation is 2. The Morgan fingerprint density at radius 1 is 0.871 bits per heavy atom. The van der Waals surface area contributed by atoms with Crippen molar-refractivity contribution >= 4 is 18.0 Å². The van der Waals surface area contributed by atoms with Crippen LogP contribution in [0.3, 0.4) is 0 Å². The molecule has 4 rings (SSSR count). The van der Waals surface area contributed by atoms with Gasteiger partial charge in [-0.2, -0.15) is 9.78 Å². The third-order valence-corrected chi connectivity index (χ3v) is 5.70. The molecule has 6 heteroatoms. The summed E-state index contributed by atoms with van der Waals surface area (Å²) in [4.78, 5) is 0. The Kier molecular flexibility index (Phi) is 6.79. The largest absolute Gasteiger partial charge is 0.489 e. The van der Waals surface area contributed by atoms with Crippen molar-refractivity contribution in [2.75, 3.05) is 0 Å². The molecule has 0 bridgehead atoms. The van der Waals surface area contributed by atoms with E-state index in [1.165, 1.54) is 11.1 Å². The molecule has 0 N–H and O–H groups in total. The molecule has 4 aromatic rings. The minimum atomic E-state index is 0.551. The fraction of sp³-hybridized carbons (Fsp3) is 0.160. The van der Waals surface area contributed by atoms with Gasteiger partial charge in [0.15, 0.2) is 5.82 Å². The van der Waals surface area contributed by atoms with Gasteiger partial charge in [-0.1, -0.05) is 71.9 Å². The van der Waals surface area contributed by atoms with Crippen molar-refractivity contribution in [3.63, 3.8) is 0 Å². The highest BCUT2D eigenvalue weighted by Gasteiger charge is 2.08. The van der Waals surface area contributed by atoms with E-state index in [-0.39, 0.29) is 0 Å². The van der Waals surface area contributed by atoms with Gasteiger partial charge in [-0.3, -0.25) is 0 Å². The zero-order valence-corrected chi connectivity index (χ0v) is 18.4. The topological polar surface area (TPSA) is 52.3 Å². The monoisotopic (exact) mass is 428 g/mol. The molecule has 0 radical (unpaired) electrons. The zero-order chi connectivity index (χ0) is 21.5. The van der Waals surface area contributed by atoms with E-state index in [9.17, 15) is 0 Å². The average molecular weight is 429 g/mol. The number of hydrogen-bond donors (Lipinski definition) is 0. The van der Waals surface area contributed by atoms with Gasteiger partial charge in [-0.15, -0.1) is 10.2 Å². The van der Waals surface area contributed by atoms with Crippen LogP contribution in [0.15, 0.2) is 89.1 Å². The van der Waals surface area contributed by atoms with Gasteiger partial charge in [-0.05, 0) is 54.8 Å². The molecular formula is C25H24N4OS. The van der Waals surface area contributed by atoms with Crippen molar-refractivity contribution in [2.45, 2.75) is 31.4 Å². The van der Waals surface area contributed by atoms with Gasteiger partial charge in [0.05, 0.1) is 6.21 Å². The van der Waals surface area contributed by atoms with E-state index in [1.807, 2.05) is 55.6 Å². The molecule has 0 spiro atoms. The maximum Gasteiger partial charge on any atom is 0.212 e. The number of hydrogen-bond acceptors (Lipinski definition) is 5. The minimum absolute atomic E-state index is 0.551. The van der Waals surface area contributed by atoms with Crippen LogP contribution >= 0.6 is 11.8 Å². The average Bonchev–Trinajstić information content (AvgIpc) is 3.16. The van der Waals surface area contributed by atoms with E-state index in [0.717, 1.165) is 33.6 Å². The van der Waals surface area contributed by atoms with Crippen LogP contribution in [0, 0.1) is 13.8 Å².